The molecule has 1 heterocycles. The molecule has 172 valence electrons. The fraction of sp³-hybridized carbons (Fsp3) is 0.0800. The highest BCUT2D eigenvalue weighted by molar-refractivity contribution is 9.10. The number of hydrogen-bond acceptors (Lipinski definition) is 5. The highest BCUT2D eigenvalue weighted by Gasteiger charge is 2.36. The first-order chi connectivity index (χ1) is 16.4. The molecule has 0 radical (unpaired) electrons. The van der Waals surface area contributed by atoms with Crippen molar-refractivity contribution in [1.82, 2.24) is 5.32 Å². The van der Waals surface area contributed by atoms with E-state index in [2.05, 4.69) is 21.2 Å². The van der Waals surface area contributed by atoms with Gasteiger partial charge in [0.05, 0.1) is 17.3 Å². The van der Waals surface area contributed by atoms with Crippen molar-refractivity contribution in [1.29, 1.82) is 0 Å². The Morgan fingerprint density at radius 1 is 1.00 bits per heavy atom. The minimum Gasteiger partial charge on any atom is -0.497 e. The molecule has 4 amide bonds. The van der Waals surface area contributed by atoms with Crippen molar-refractivity contribution >= 4 is 45.5 Å². The highest BCUT2D eigenvalue weighted by atomic mass is 79.9. The molecule has 1 aliphatic heterocycles. The summed E-state index contributed by atoms with van der Waals surface area (Å²) in [5.41, 5.74) is 1.45. The Bertz CT molecular complexity index is 1290. The number of carbonyl (C=O) groups excluding carboxylic acids is 3. The van der Waals surface area contributed by atoms with E-state index in [1.54, 1.807) is 54.6 Å². The molecule has 3 aromatic carbocycles. The predicted octanol–water partition coefficient (Wildman–Crippen LogP) is 4.84. The second-order valence-corrected chi connectivity index (χ2v) is 8.12. The number of anilines is 1. The van der Waals surface area contributed by atoms with Gasteiger partial charge in [-0.15, -0.1) is 0 Å². The predicted molar refractivity (Wildman–Crippen MR) is 127 cm³/mol. The van der Waals surface area contributed by atoms with Gasteiger partial charge in [-0.1, -0.05) is 18.2 Å². The van der Waals surface area contributed by atoms with Crippen LogP contribution in [0.2, 0.25) is 0 Å². The summed E-state index contributed by atoms with van der Waals surface area (Å²) < 4.78 is 24.5. The Hall–Kier alpha value is -3.98. The molecule has 0 saturated carbocycles. The van der Waals surface area contributed by atoms with Crippen LogP contribution in [0.1, 0.15) is 11.1 Å². The van der Waals surface area contributed by atoms with Crippen LogP contribution in [0.5, 0.6) is 11.5 Å². The van der Waals surface area contributed by atoms with Crippen LogP contribution in [0, 0.1) is 5.82 Å². The number of halogens is 2. The third kappa shape index (κ3) is 4.99. The quantitative estimate of drug-likeness (QED) is 0.368. The van der Waals surface area contributed by atoms with Crippen molar-refractivity contribution in [2.24, 2.45) is 0 Å². The number of amides is 4. The van der Waals surface area contributed by atoms with Crippen LogP contribution in [-0.4, -0.2) is 25.0 Å². The van der Waals surface area contributed by atoms with Gasteiger partial charge in [-0.3, -0.25) is 14.9 Å². The minimum atomic E-state index is -0.831. The molecule has 1 N–H and O–H groups in total. The Kier molecular flexibility index (Phi) is 6.74. The normalized spacial score (nSPS) is 14.9. The second kappa shape index (κ2) is 9.88. The zero-order valence-electron chi connectivity index (χ0n) is 17.9. The molecule has 1 aliphatic rings. The van der Waals surface area contributed by atoms with E-state index in [9.17, 15) is 18.8 Å². The van der Waals surface area contributed by atoms with E-state index < -0.39 is 17.8 Å². The first-order valence-corrected chi connectivity index (χ1v) is 10.9. The van der Waals surface area contributed by atoms with Crippen molar-refractivity contribution in [2.45, 2.75) is 6.61 Å². The van der Waals surface area contributed by atoms with Gasteiger partial charge < -0.3 is 9.47 Å². The van der Waals surface area contributed by atoms with E-state index in [1.807, 2.05) is 0 Å². The van der Waals surface area contributed by atoms with Crippen molar-refractivity contribution in [3.8, 4) is 11.5 Å². The number of nitrogens with zero attached hydrogens (tertiary/aromatic N) is 1. The fourth-order valence-electron chi connectivity index (χ4n) is 3.26. The van der Waals surface area contributed by atoms with Crippen molar-refractivity contribution in [3.05, 3.63) is 93.7 Å². The Labute approximate surface area is 202 Å². The average Bonchev–Trinajstić information content (AvgIpc) is 2.82. The van der Waals surface area contributed by atoms with Crippen molar-refractivity contribution in [3.63, 3.8) is 0 Å². The first kappa shape index (κ1) is 23.2. The number of barbiturate groups is 1. The summed E-state index contributed by atoms with van der Waals surface area (Å²) in [4.78, 5) is 38.7. The van der Waals surface area contributed by atoms with Crippen LogP contribution < -0.4 is 19.7 Å². The molecular weight excluding hydrogens is 507 g/mol. The summed E-state index contributed by atoms with van der Waals surface area (Å²) in [7, 11) is 1.50. The summed E-state index contributed by atoms with van der Waals surface area (Å²) in [6.07, 6.45) is 1.40. The lowest BCUT2D eigenvalue weighted by molar-refractivity contribution is -0.122. The molecule has 0 unspecified atom stereocenters. The maximum Gasteiger partial charge on any atom is 0.335 e. The molecule has 0 aromatic heterocycles. The molecule has 34 heavy (non-hydrogen) atoms. The smallest absolute Gasteiger partial charge is 0.335 e. The number of nitrogens with one attached hydrogen (secondary N) is 1. The summed E-state index contributed by atoms with van der Waals surface area (Å²) in [6, 6.07) is 16.5. The highest BCUT2D eigenvalue weighted by Crippen LogP contribution is 2.29. The maximum atomic E-state index is 13.0. The number of imide groups is 2. The summed E-state index contributed by atoms with van der Waals surface area (Å²) in [6.45, 7) is 0.235. The third-order valence-corrected chi connectivity index (χ3v) is 5.63. The van der Waals surface area contributed by atoms with Gasteiger partial charge >= 0.3 is 6.03 Å². The van der Waals surface area contributed by atoms with Crippen molar-refractivity contribution < 1.29 is 28.2 Å². The molecule has 3 aromatic rings. The van der Waals surface area contributed by atoms with Gasteiger partial charge in [-0.05, 0) is 81.7 Å². The van der Waals surface area contributed by atoms with Crippen LogP contribution >= 0.6 is 15.9 Å². The Balaban J connectivity index is 1.54. The van der Waals surface area contributed by atoms with Crippen molar-refractivity contribution in [2.75, 3.05) is 12.0 Å². The van der Waals surface area contributed by atoms with E-state index in [1.165, 1.54) is 25.3 Å². The molecule has 7 nitrogen and oxygen atoms in total. The fourth-order valence-corrected chi connectivity index (χ4v) is 3.77. The summed E-state index contributed by atoms with van der Waals surface area (Å²) in [5.74, 6) is -0.761. The zero-order chi connectivity index (χ0) is 24.2. The lowest BCUT2D eigenvalue weighted by Gasteiger charge is -2.26. The molecule has 1 saturated heterocycles. The van der Waals surface area contributed by atoms with Gasteiger partial charge in [0, 0.05) is 0 Å². The van der Waals surface area contributed by atoms with E-state index in [0.29, 0.717) is 27.2 Å². The van der Waals surface area contributed by atoms with Gasteiger partial charge in [0.1, 0.15) is 29.5 Å². The van der Waals surface area contributed by atoms with Crippen LogP contribution in [0.4, 0.5) is 14.9 Å². The minimum absolute atomic E-state index is 0.192. The van der Waals surface area contributed by atoms with Crippen LogP contribution in [-0.2, 0) is 16.2 Å². The lowest BCUT2D eigenvalue weighted by Crippen LogP contribution is -2.54. The topological polar surface area (TPSA) is 84.9 Å². The standard InChI is InChI=1S/C25H18BrFN2O5/c1-33-19-9-7-18(8-10-19)29-24(31)20(23(30)28-25(29)32)12-16-4-11-22(21(26)13-16)34-14-15-2-5-17(27)6-3-15/h2-13H,14H2,1H3,(H,28,30,32)/b20-12+. The number of ether oxygens (including phenoxy) is 2. The number of benzene rings is 3. The maximum absolute atomic E-state index is 13.0. The van der Waals surface area contributed by atoms with Gasteiger partial charge in [0.15, 0.2) is 0 Å². The van der Waals surface area contributed by atoms with Gasteiger partial charge in [0.25, 0.3) is 11.8 Å². The van der Waals surface area contributed by atoms with Crippen LogP contribution in [0.15, 0.2) is 76.8 Å². The number of methoxy groups -OCH3 is 1. The molecule has 0 spiro atoms. The second-order valence-electron chi connectivity index (χ2n) is 7.26. The number of rotatable bonds is 6. The van der Waals surface area contributed by atoms with Gasteiger partial charge in [-0.25, -0.2) is 14.1 Å². The van der Waals surface area contributed by atoms with Gasteiger partial charge in [-0.2, -0.15) is 0 Å². The first-order valence-electron chi connectivity index (χ1n) is 10.1. The monoisotopic (exact) mass is 524 g/mol. The van der Waals surface area contributed by atoms with E-state index in [0.717, 1.165) is 10.5 Å². The zero-order valence-corrected chi connectivity index (χ0v) is 19.5. The van der Waals surface area contributed by atoms with Crippen LogP contribution in [0.25, 0.3) is 6.08 Å². The SMILES string of the molecule is COc1ccc(N2C(=O)NC(=O)/C(=C\c3ccc(OCc4ccc(F)cc4)c(Br)c3)C2=O)cc1. The van der Waals surface area contributed by atoms with Gasteiger partial charge in [0.2, 0.25) is 0 Å². The molecular formula is C25H18BrFN2O5. The lowest BCUT2D eigenvalue weighted by atomic mass is 10.1. The molecule has 4 rings (SSSR count). The average molecular weight is 525 g/mol. The van der Waals surface area contributed by atoms with E-state index >= 15 is 0 Å². The molecule has 1 fully saturated rings. The molecule has 0 bridgehead atoms. The Morgan fingerprint density at radius 3 is 2.35 bits per heavy atom. The van der Waals surface area contributed by atoms with Crippen LogP contribution in [0.3, 0.4) is 0 Å². The molecule has 9 heteroatoms. The molecule has 0 atom stereocenters. The largest absolute Gasteiger partial charge is 0.497 e. The summed E-state index contributed by atoms with van der Waals surface area (Å²) in [5, 5.41) is 2.19. The molecule has 0 aliphatic carbocycles. The number of carbonyl (C=O) groups is 3. The van der Waals surface area contributed by atoms with E-state index in [4.69, 9.17) is 9.47 Å². The number of urea groups is 1. The number of hydrogen-bond donors (Lipinski definition) is 1. The summed E-state index contributed by atoms with van der Waals surface area (Å²) >= 11 is 3.42. The Morgan fingerprint density at radius 2 is 1.71 bits per heavy atom. The van der Waals surface area contributed by atoms with E-state index in [-0.39, 0.29) is 18.0 Å². The third-order valence-electron chi connectivity index (χ3n) is 5.01.